The first kappa shape index (κ1) is 13.5. The number of aryl methyl sites for hydroxylation is 1. The number of benzene rings is 1. The second kappa shape index (κ2) is 6.91. The quantitative estimate of drug-likeness (QED) is 0.742. The van der Waals surface area contributed by atoms with Gasteiger partial charge >= 0.3 is 0 Å². The van der Waals surface area contributed by atoms with Crippen LogP contribution in [-0.2, 0) is 4.79 Å². The molecule has 17 heavy (non-hydrogen) atoms. The van der Waals surface area contributed by atoms with Crippen LogP contribution in [0.25, 0.3) is 0 Å². The molecule has 0 spiro atoms. The Balaban J connectivity index is 2.60. The van der Waals surface area contributed by atoms with E-state index in [0.717, 1.165) is 17.8 Å². The van der Waals surface area contributed by atoms with E-state index in [1.54, 1.807) is 7.11 Å². The van der Waals surface area contributed by atoms with E-state index >= 15 is 0 Å². The SMILES string of the molecule is CCNCCC(=O)Nc1cc(C)ccc1OC. The topological polar surface area (TPSA) is 50.4 Å². The lowest BCUT2D eigenvalue weighted by Crippen LogP contribution is -2.21. The maximum Gasteiger partial charge on any atom is 0.225 e. The van der Waals surface area contributed by atoms with Gasteiger partial charge in [-0.3, -0.25) is 4.79 Å². The molecular formula is C13H20N2O2. The first-order valence-corrected chi connectivity index (χ1v) is 5.82. The summed E-state index contributed by atoms with van der Waals surface area (Å²) in [6.45, 7) is 5.56. The summed E-state index contributed by atoms with van der Waals surface area (Å²) < 4.78 is 5.20. The van der Waals surface area contributed by atoms with Gasteiger partial charge in [0.1, 0.15) is 5.75 Å². The van der Waals surface area contributed by atoms with Crippen LogP contribution in [0.2, 0.25) is 0 Å². The molecule has 0 radical (unpaired) electrons. The molecule has 0 unspecified atom stereocenters. The Morgan fingerprint density at radius 2 is 2.18 bits per heavy atom. The number of amides is 1. The third-order valence-corrected chi connectivity index (χ3v) is 2.41. The standard InChI is InChI=1S/C13H20N2O2/c1-4-14-8-7-13(16)15-11-9-10(2)5-6-12(11)17-3/h5-6,9,14H,4,7-8H2,1-3H3,(H,15,16). The molecule has 0 bridgehead atoms. The fourth-order valence-electron chi connectivity index (χ4n) is 1.51. The zero-order valence-electron chi connectivity index (χ0n) is 10.7. The van der Waals surface area contributed by atoms with Crippen molar-refractivity contribution in [2.75, 3.05) is 25.5 Å². The Morgan fingerprint density at radius 1 is 1.41 bits per heavy atom. The van der Waals surface area contributed by atoms with Crippen LogP contribution in [0.3, 0.4) is 0 Å². The summed E-state index contributed by atoms with van der Waals surface area (Å²) in [5.74, 6) is 0.683. The molecule has 94 valence electrons. The van der Waals surface area contributed by atoms with E-state index in [2.05, 4.69) is 10.6 Å². The average molecular weight is 236 g/mol. The van der Waals surface area contributed by atoms with Gasteiger partial charge in [-0.1, -0.05) is 13.0 Å². The number of carbonyl (C=O) groups excluding carboxylic acids is 1. The molecule has 0 atom stereocenters. The minimum absolute atomic E-state index is 0.00477. The highest BCUT2D eigenvalue weighted by atomic mass is 16.5. The van der Waals surface area contributed by atoms with E-state index < -0.39 is 0 Å². The molecule has 0 aliphatic rings. The van der Waals surface area contributed by atoms with Crippen molar-refractivity contribution >= 4 is 11.6 Å². The first-order chi connectivity index (χ1) is 8.17. The largest absolute Gasteiger partial charge is 0.495 e. The van der Waals surface area contributed by atoms with Crippen molar-refractivity contribution in [3.63, 3.8) is 0 Å². The summed E-state index contributed by atoms with van der Waals surface area (Å²) in [5, 5.41) is 5.97. The van der Waals surface area contributed by atoms with E-state index in [4.69, 9.17) is 4.74 Å². The Morgan fingerprint density at radius 3 is 2.82 bits per heavy atom. The van der Waals surface area contributed by atoms with E-state index in [-0.39, 0.29) is 5.91 Å². The van der Waals surface area contributed by atoms with E-state index in [1.807, 2.05) is 32.0 Å². The number of methoxy groups -OCH3 is 1. The molecule has 0 aliphatic heterocycles. The summed E-state index contributed by atoms with van der Waals surface area (Å²) in [5.41, 5.74) is 1.82. The number of carbonyl (C=O) groups is 1. The van der Waals surface area contributed by atoms with Crippen molar-refractivity contribution in [2.45, 2.75) is 20.3 Å². The average Bonchev–Trinajstić information content (AvgIpc) is 2.29. The smallest absolute Gasteiger partial charge is 0.225 e. The maximum absolute atomic E-state index is 11.7. The summed E-state index contributed by atoms with van der Waals surface area (Å²) in [6, 6.07) is 5.71. The third-order valence-electron chi connectivity index (χ3n) is 2.41. The van der Waals surface area contributed by atoms with Crippen LogP contribution >= 0.6 is 0 Å². The van der Waals surface area contributed by atoms with Gasteiger partial charge in [0, 0.05) is 13.0 Å². The number of anilines is 1. The van der Waals surface area contributed by atoms with E-state index in [0.29, 0.717) is 18.7 Å². The van der Waals surface area contributed by atoms with Gasteiger partial charge in [0.15, 0.2) is 0 Å². The molecule has 2 N–H and O–H groups in total. The van der Waals surface area contributed by atoms with Gasteiger partial charge in [-0.15, -0.1) is 0 Å². The number of rotatable bonds is 6. The molecule has 0 saturated carbocycles. The van der Waals surface area contributed by atoms with Gasteiger partial charge in [0.2, 0.25) is 5.91 Å². The van der Waals surface area contributed by atoms with Crippen molar-refractivity contribution in [3.05, 3.63) is 23.8 Å². The Kier molecular flexibility index (Phi) is 5.49. The molecule has 0 saturated heterocycles. The van der Waals surface area contributed by atoms with Gasteiger partial charge in [-0.25, -0.2) is 0 Å². The molecule has 4 heteroatoms. The van der Waals surface area contributed by atoms with Crippen LogP contribution in [0.5, 0.6) is 5.75 Å². The predicted molar refractivity (Wildman–Crippen MR) is 69.5 cm³/mol. The second-order valence-electron chi connectivity index (χ2n) is 3.86. The Bertz CT molecular complexity index is 378. The number of hydrogen-bond acceptors (Lipinski definition) is 3. The van der Waals surface area contributed by atoms with Crippen LogP contribution < -0.4 is 15.4 Å². The summed E-state index contributed by atoms with van der Waals surface area (Å²) >= 11 is 0. The minimum atomic E-state index is -0.00477. The van der Waals surface area contributed by atoms with Crippen molar-refractivity contribution < 1.29 is 9.53 Å². The minimum Gasteiger partial charge on any atom is -0.495 e. The predicted octanol–water partition coefficient (Wildman–Crippen LogP) is 1.94. The van der Waals surface area contributed by atoms with Crippen LogP contribution in [0.4, 0.5) is 5.69 Å². The van der Waals surface area contributed by atoms with Gasteiger partial charge in [0.25, 0.3) is 0 Å². The van der Waals surface area contributed by atoms with Crippen LogP contribution in [0, 0.1) is 6.92 Å². The van der Waals surface area contributed by atoms with Gasteiger partial charge < -0.3 is 15.4 Å². The molecule has 1 aromatic rings. The van der Waals surface area contributed by atoms with Gasteiger partial charge in [-0.2, -0.15) is 0 Å². The molecule has 4 nitrogen and oxygen atoms in total. The van der Waals surface area contributed by atoms with Crippen LogP contribution in [-0.4, -0.2) is 26.1 Å². The highest BCUT2D eigenvalue weighted by Crippen LogP contribution is 2.25. The number of ether oxygens (including phenoxy) is 1. The third kappa shape index (κ3) is 4.44. The zero-order valence-corrected chi connectivity index (χ0v) is 10.7. The second-order valence-corrected chi connectivity index (χ2v) is 3.86. The Labute approximate surface area is 102 Å². The van der Waals surface area contributed by atoms with E-state index in [1.165, 1.54) is 0 Å². The lowest BCUT2D eigenvalue weighted by Gasteiger charge is -2.11. The lowest BCUT2D eigenvalue weighted by atomic mass is 10.2. The summed E-state index contributed by atoms with van der Waals surface area (Å²) in [6.07, 6.45) is 0.463. The zero-order chi connectivity index (χ0) is 12.7. The normalized spacial score (nSPS) is 10.1. The van der Waals surface area contributed by atoms with Gasteiger partial charge in [0.05, 0.1) is 12.8 Å². The molecular weight excluding hydrogens is 216 g/mol. The van der Waals surface area contributed by atoms with E-state index in [9.17, 15) is 4.79 Å². The Hall–Kier alpha value is -1.55. The molecule has 0 heterocycles. The summed E-state index contributed by atoms with van der Waals surface area (Å²) in [4.78, 5) is 11.7. The fourth-order valence-corrected chi connectivity index (χ4v) is 1.51. The van der Waals surface area contributed by atoms with Crippen molar-refractivity contribution in [1.82, 2.24) is 5.32 Å². The fraction of sp³-hybridized carbons (Fsp3) is 0.462. The molecule has 1 amide bonds. The van der Waals surface area contributed by atoms with Crippen LogP contribution in [0.15, 0.2) is 18.2 Å². The lowest BCUT2D eigenvalue weighted by molar-refractivity contribution is -0.116. The van der Waals surface area contributed by atoms with Crippen molar-refractivity contribution in [2.24, 2.45) is 0 Å². The van der Waals surface area contributed by atoms with Crippen LogP contribution in [0.1, 0.15) is 18.9 Å². The molecule has 0 aliphatic carbocycles. The maximum atomic E-state index is 11.7. The highest BCUT2D eigenvalue weighted by molar-refractivity contribution is 5.92. The molecule has 0 aromatic heterocycles. The highest BCUT2D eigenvalue weighted by Gasteiger charge is 2.07. The molecule has 1 rings (SSSR count). The molecule has 0 fully saturated rings. The monoisotopic (exact) mass is 236 g/mol. The molecule has 1 aromatic carbocycles. The van der Waals surface area contributed by atoms with Crippen molar-refractivity contribution in [1.29, 1.82) is 0 Å². The van der Waals surface area contributed by atoms with Crippen molar-refractivity contribution in [3.8, 4) is 5.75 Å². The van der Waals surface area contributed by atoms with Gasteiger partial charge in [-0.05, 0) is 31.2 Å². The first-order valence-electron chi connectivity index (χ1n) is 5.82. The number of hydrogen-bond donors (Lipinski definition) is 2. The summed E-state index contributed by atoms with van der Waals surface area (Å²) in [7, 11) is 1.60. The number of nitrogens with one attached hydrogen (secondary N) is 2.